The number of aromatic nitrogens is 6. The minimum absolute atomic E-state index is 0.138. The highest BCUT2D eigenvalue weighted by molar-refractivity contribution is 7.93. The van der Waals surface area contributed by atoms with Crippen LogP contribution in [0.3, 0.4) is 0 Å². The van der Waals surface area contributed by atoms with Gasteiger partial charge in [0.2, 0.25) is 15.9 Å². The number of alkyl halides is 8. The van der Waals surface area contributed by atoms with Gasteiger partial charge in [-0.3, -0.25) is 23.6 Å². The number of pyridine rings is 2. The smallest absolute Gasteiger partial charge is 0.469 e. The maximum atomic E-state index is 15.7. The summed E-state index contributed by atoms with van der Waals surface area (Å²) in [4.78, 5) is 68.2. The molecule has 3 atom stereocenters. The number of nitrogens with one attached hydrogen (secondary N) is 1. The number of nitrogens with zero attached hydrogens (tertiary/aromatic N) is 8. The van der Waals surface area contributed by atoms with E-state index < -0.39 is 197 Å². The zero-order chi connectivity index (χ0) is 61.6. The Balaban J connectivity index is 1.36. The summed E-state index contributed by atoms with van der Waals surface area (Å²) in [7, 11) is -13.7. The molecule has 0 saturated heterocycles. The van der Waals surface area contributed by atoms with Crippen molar-refractivity contribution in [3.05, 3.63) is 116 Å². The molecule has 0 unspecified atom stereocenters. The van der Waals surface area contributed by atoms with Crippen LogP contribution in [0.25, 0.3) is 22.0 Å². The zero-order valence-corrected chi connectivity index (χ0v) is 46.3. The number of carboxylic acid groups (broad SMARTS) is 1. The van der Waals surface area contributed by atoms with Gasteiger partial charge in [0.05, 0.1) is 46.1 Å². The van der Waals surface area contributed by atoms with Crippen LogP contribution in [0.5, 0.6) is 0 Å². The van der Waals surface area contributed by atoms with Crippen LogP contribution in [0, 0.1) is 29.4 Å². The molecule has 4 heterocycles. The molecule has 8 rings (SSSR count). The van der Waals surface area contributed by atoms with E-state index in [-0.39, 0.29) is 31.3 Å². The predicted octanol–water partition coefficient (Wildman–Crippen LogP) is 8.02. The second-order valence-electron chi connectivity index (χ2n) is 19.7. The van der Waals surface area contributed by atoms with Crippen molar-refractivity contribution in [2.24, 2.45) is 5.92 Å². The minimum Gasteiger partial charge on any atom is -0.478 e. The van der Waals surface area contributed by atoms with Gasteiger partial charge in [0.1, 0.15) is 46.7 Å². The number of rotatable bonds is 16. The molecule has 4 aromatic heterocycles. The van der Waals surface area contributed by atoms with Crippen LogP contribution in [0.1, 0.15) is 82.1 Å². The van der Waals surface area contributed by atoms with Gasteiger partial charge in [-0.15, -0.1) is 0 Å². The summed E-state index contributed by atoms with van der Waals surface area (Å²) in [5.74, 6) is -9.02. The molecule has 2 aliphatic carbocycles. The molecule has 4 N–H and O–H groups in total. The lowest BCUT2D eigenvalue weighted by Crippen LogP contribution is -2.45. The van der Waals surface area contributed by atoms with E-state index in [0.717, 1.165) is 55.8 Å². The lowest BCUT2D eigenvalue weighted by molar-refractivity contribution is -0.143. The molecule has 0 aliphatic heterocycles. The summed E-state index contributed by atoms with van der Waals surface area (Å²) in [6, 6.07) is 3.16. The second kappa shape index (κ2) is 21.4. The van der Waals surface area contributed by atoms with Gasteiger partial charge in [-0.25, -0.2) is 49.7 Å². The van der Waals surface area contributed by atoms with Crippen LogP contribution < -0.4 is 14.5 Å². The molecule has 2 aromatic carbocycles. The van der Waals surface area contributed by atoms with E-state index in [2.05, 4.69) is 41.8 Å². The van der Waals surface area contributed by atoms with Gasteiger partial charge in [0, 0.05) is 53.7 Å². The molecule has 0 bridgehead atoms. The highest BCUT2D eigenvalue weighted by Crippen LogP contribution is 2.68. The number of amides is 3. The number of halogens is 11. The highest BCUT2D eigenvalue weighted by atomic mass is 35.5. The van der Waals surface area contributed by atoms with Crippen molar-refractivity contribution in [1.82, 2.24) is 34.8 Å². The zero-order valence-electron chi connectivity index (χ0n) is 43.0. The van der Waals surface area contributed by atoms with Gasteiger partial charge >= 0.3 is 32.2 Å². The maximum Gasteiger partial charge on any atom is 0.469 e. The number of hydrogen-bond acceptors (Lipinski definition) is 13. The average molecular weight is 1260 g/mol. The number of sulfonamides is 1. The van der Waals surface area contributed by atoms with Crippen molar-refractivity contribution >= 4 is 79.7 Å². The Morgan fingerprint density at radius 1 is 0.952 bits per heavy atom. The van der Waals surface area contributed by atoms with Crippen molar-refractivity contribution in [1.29, 1.82) is 0 Å². The molecule has 21 nitrogen and oxygen atoms in total. The van der Waals surface area contributed by atoms with Crippen LogP contribution in [-0.4, -0.2) is 110 Å². The fourth-order valence-corrected chi connectivity index (χ4v) is 10.8. The first-order valence-corrected chi connectivity index (χ1v) is 29.2. The van der Waals surface area contributed by atoms with Crippen LogP contribution in [0.2, 0.25) is 5.02 Å². The molecule has 2 aliphatic rings. The van der Waals surface area contributed by atoms with E-state index in [1.54, 1.807) is 0 Å². The molecule has 0 spiro atoms. The molecule has 1 saturated carbocycles. The molecule has 444 valence electrons. The Hall–Kier alpha value is -7.21. The predicted molar refractivity (Wildman–Crippen MR) is 272 cm³/mol. The summed E-state index contributed by atoms with van der Waals surface area (Å²) in [5.41, 5.74) is -7.88. The van der Waals surface area contributed by atoms with Gasteiger partial charge < -0.3 is 20.2 Å². The van der Waals surface area contributed by atoms with Crippen LogP contribution >= 0.6 is 19.4 Å². The van der Waals surface area contributed by atoms with E-state index in [4.69, 9.17) is 11.6 Å². The van der Waals surface area contributed by atoms with Crippen LogP contribution in [-0.2, 0) is 72.0 Å². The molecule has 6 aromatic rings. The molecule has 83 heavy (non-hydrogen) atoms. The van der Waals surface area contributed by atoms with E-state index in [0.29, 0.717) is 23.4 Å². The SMILES string of the molecule is CN(C(=O)N(c1nn(CC(F)(F)F)c2c(-c3ccc(C#CC(C)(C)S(C)(=O)=O)nc3[C@H](Cc3cc(F)cc(F)c3)NC(=O)Cn3nc(C(F)(F)F)c4c3C(F)(F)[C@@H]3C[C@H]43)ccc(Cl)c12)S(C)(=O)=O)c1ncc(C(=O)O)cc1COP(=O)(O)O. The van der Waals surface area contributed by atoms with Crippen molar-refractivity contribution in [2.75, 3.05) is 28.8 Å². The first-order chi connectivity index (χ1) is 38.1. The van der Waals surface area contributed by atoms with Crippen molar-refractivity contribution in [3.63, 3.8) is 0 Å². The molecule has 0 radical (unpaired) electrons. The standard InChI is InChI=1S/C48H41ClF10N9O12PS2/c1-45(2,82(4,76)77)11-10-27-6-7-28(37(61-27)33(14-22-12-25(50)16-26(51)13-22)62-34(69)19-66-40-35(39(63-66)48(57,58)59)30-17-31(30)47(40,55)56)29-8-9-32(49)36-38(29)67(21-46(52,53)54)64-42(36)68(83(5,78)79)44(72)65(3)41-24(20-80-81(73,74)75)15-23(18-60-41)43(70)71/h6-9,12-13,15-16,18,30-31,33H,14,17,19-21H2,1-5H3,(H,62,69)(H,70,71)(H2,73,74,75)/t30-,31+,33-/m0/s1. The lowest BCUT2D eigenvalue weighted by atomic mass is 9.93. The second-order valence-corrected chi connectivity index (χ2v) is 25.7. The summed E-state index contributed by atoms with van der Waals surface area (Å²) in [6.07, 6.45) is -9.79. The Morgan fingerprint density at radius 2 is 1.59 bits per heavy atom. The van der Waals surface area contributed by atoms with Gasteiger partial charge in [-0.2, -0.15) is 49.6 Å². The Labute approximate surface area is 467 Å². The number of hydrogen-bond donors (Lipinski definition) is 4. The number of sulfone groups is 1. The first-order valence-electron chi connectivity index (χ1n) is 23.6. The number of carbonyl (C=O) groups is 3. The fourth-order valence-electron chi connectivity index (χ4n) is 9.20. The normalized spacial score (nSPS) is 16.4. The maximum absolute atomic E-state index is 15.7. The minimum atomic E-state index is -5.35. The first kappa shape index (κ1) is 61.9. The quantitative estimate of drug-likeness (QED) is 0.0405. The van der Waals surface area contributed by atoms with Crippen LogP contribution in [0.4, 0.5) is 60.3 Å². The number of benzene rings is 2. The number of urea groups is 1. The molecule has 1 fully saturated rings. The Bertz CT molecular complexity index is 4030. The number of phosphoric acid groups is 1. The summed E-state index contributed by atoms with van der Waals surface area (Å²) < 4.78 is 216. The number of carbonyl (C=O) groups excluding carboxylic acids is 2. The Morgan fingerprint density at radius 3 is 2.17 bits per heavy atom. The van der Waals surface area contributed by atoms with Crippen LogP contribution in [0.15, 0.2) is 54.7 Å². The van der Waals surface area contributed by atoms with Crippen molar-refractivity contribution in [3.8, 4) is 23.0 Å². The third-order valence-corrected chi connectivity index (χ3v) is 16.9. The van der Waals surface area contributed by atoms with Gasteiger partial charge in [0.25, 0.3) is 5.92 Å². The van der Waals surface area contributed by atoms with E-state index in [1.165, 1.54) is 13.8 Å². The van der Waals surface area contributed by atoms with Gasteiger partial charge in [-0.05, 0) is 80.5 Å². The fraction of sp³-hybridized carbons (Fsp3) is 0.354. The molecule has 3 amide bonds. The van der Waals surface area contributed by atoms with Crippen molar-refractivity contribution < 1.29 is 99.1 Å². The monoisotopic (exact) mass is 1260 g/mol. The number of carboxylic acids is 1. The molecular formula is C48H41ClF10N9O12PS2. The number of fused-ring (bicyclic) bond motifs is 4. The molecule has 35 heteroatoms. The third kappa shape index (κ3) is 12.8. The number of anilines is 2. The van der Waals surface area contributed by atoms with Gasteiger partial charge in [0.15, 0.2) is 21.3 Å². The topological polar surface area (TPSA) is 286 Å². The summed E-state index contributed by atoms with van der Waals surface area (Å²) in [6.45, 7) is -2.28. The largest absolute Gasteiger partial charge is 0.478 e. The van der Waals surface area contributed by atoms with E-state index in [9.17, 15) is 85.8 Å². The van der Waals surface area contributed by atoms with E-state index in [1.807, 2.05) is 0 Å². The lowest BCUT2D eigenvalue weighted by Gasteiger charge is -2.26. The highest BCUT2D eigenvalue weighted by Gasteiger charge is 2.68. The van der Waals surface area contributed by atoms with Gasteiger partial charge in [-0.1, -0.05) is 23.6 Å². The summed E-state index contributed by atoms with van der Waals surface area (Å²) >= 11 is 6.71. The Kier molecular flexibility index (Phi) is 16.0. The number of aromatic carboxylic acids is 1. The van der Waals surface area contributed by atoms with E-state index >= 15 is 8.78 Å². The molecular weight excluding hydrogens is 1220 g/mol. The average Bonchev–Trinajstić information content (AvgIpc) is 1.74. The summed E-state index contributed by atoms with van der Waals surface area (Å²) in [5, 5.41) is 17.9. The third-order valence-electron chi connectivity index (χ3n) is 13.2. The number of phosphoric ester groups is 1. The van der Waals surface area contributed by atoms with Crippen molar-refractivity contribution in [2.45, 2.75) is 81.4 Å².